The quantitative estimate of drug-likeness (QED) is 0.431. The number of carbonyl (C=O) groups is 2. The van der Waals surface area contributed by atoms with E-state index in [0.29, 0.717) is 19.4 Å². The van der Waals surface area contributed by atoms with E-state index in [1.54, 1.807) is 6.08 Å². The summed E-state index contributed by atoms with van der Waals surface area (Å²) in [6.45, 7) is 3.94. The molecule has 4 nitrogen and oxygen atoms in total. The van der Waals surface area contributed by atoms with Crippen LogP contribution in [0.1, 0.15) is 0 Å². The van der Waals surface area contributed by atoms with Crippen molar-refractivity contribution in [2.75, 3.05) is 11.9 Å². The average Bonchev–Trinajstić information content (AvgIpc) is 2.29. The molecule has 1 rings (SSSR count). The molecule has 80 valence electrons. The second-order valence-corrected chi connectivity index (χ2v) is 2.44. The van der Waals surface area contributed by atoms with Gasteiger partial charge in [-0.25, -0.2) is 0 Å². The first-order chi connectivity index (χ1) is 7.35. The van der Waals surface area contributed by atoms with E-state index in [1.165, 1.54) is 0 Å². The van der Waals surface area contributed by atoms with E-state index in [4.69, 9.17) is 0 Å². The first kappa shape index (κ1) is 12.9. The Morgan fingerprint density at radius 2 is 1.80 bits per heavy atom. The van der Waals surface area contributed by atoms with Crippen molar-refractivity contribution in [2.24, 2.45) is 0 Å². The SMILES string of the molecule is C=CCNC=O.O=CNc1ccccc1. The number of amides is 2. The highest BCUT2D eigenvalue weighted by atomic mass is 16.1. The minimum absolute atomic E-state index is 0.559. The first-order valence-electron chi connectivity index (χ1n) is 4.38. The van der Waals surface area contributed by atoms with Crippen LogP contribution in [0.4, 0.5) is 5.69 Å². The average molecular weight is 206 g/mol. The van der Waals surface area contributed by atoms with Crippen LogP contribution in [-0.2, 0) is 9.59 Å². The van der Waals surface area contributed by atoms with Gasteiger partial charge in [-0.2, -0.15) is 0 Å². The predicted octanol–water partition coefficient (Wildman–Crippen LogP) is 1.17. The summed E-state index contributed by atoms with van der Waals surface area (Å²) in [5.41, 5.74) is 0.826. The van der Waals surface area contributed by atoms with Crippen LogP contribution in [0.25, 0.3) is 0 Å². The number of carbonyl (C=O) groups excluding carboxylic acids is 2. The van der Waals surface area contributed by atoms with Gasteiger partial charge in [-0.3, -0.25) is 9.59 Å². The zero-order valence-corrected chi connectivity index (χ0v) is 8.35. The van der Waals surface area contributed by atoms with Crippen LogP contribution in [0, 0.1) is 0 Å². The van der Waals surface area contributed by atoms with Crippen LogP contribution < -0.4 is 10.6 Å². The van der Waals surface area contributed by atoms with E-state index in [0.717, 1.165) is 5.69 Å². The third kappa shape index (κ3) is 8.24. The molecule has 1 aromatic rings. The molecular weight excluding hydrogens is 192 g/mol. The van der Waals surface area contributed by atoms with Crippen LogP contribution >= 0.6 is 0 Å². The van der Waals surface area contributed by atoms with Crippen LogP contribution in [-0.4, -0.2) is 19.4 Å². The fourth-order valence-corrected chi connectivity index (χ4v) is 0.734. The number of nitrogens with one attached hydrogen (secondary N) is 2. The lowest BCUT2D eigenvalue weighted by Crippen LogP contribution is -2.08. The van der Waals surface area contributed by atoms with Gasteiger partial charge in [0.25, 0.3) is 0 Å². The van der Waals surface area contributed by atoms with Crippen molar-refractivity contribution in [2.45, 2.75) is 0 Å². The van der Waals surface area contributed by atoms with Crippen LogP contribution in [0.5, 0.6) is 0 Å². The van der Waals surface area contributed by atoms with Gasteiger partial charge in [0, 0.05) is 12.2 Å². The van der Waals surface area contributed by atoms with Crippen molar-refractivity contribution in [3.8, 4) is 0 Å². The predicted molar refractivity (Wildman–Crippen MR) is 60.4 cm³/mol. The Bertz CT molecular complexity index is 278. The third-order valence-corrected chi connectivity index (χ3v) is 1.34. The topological polar surface area (TPSA) is 58.2 Å². The fraction of sp³-hybridized carbons (Fsp3) is 0.0909. The standard InChI is InChI=1S/C7H7NO.C4H7NO/c9-6-8-7-4-2-1-3-5-7;1-2-3-5-4-6/h1-6H,(H,8,9);2,4H,1,3H2,(H,5,6). The summed E-state index contributed by atoms with van der Waals surface area (Å²) in [6.07, 6.45) is 2.92. The molecule has 0 saturated carbocycles. The molecule has 0 radical (unpaired) electrons. The molecule has 15 heavy (non-hydrogen) atoms. The van der Waals surface area contributed by atoms with Crippen molar-refractivity contribution >= 4 is 18.5 Å². The molecule has 0 fully saturated rings. The molecule has 4 heteroatoms. The highest BCUT2D eigenvalue weighted by molar-refractivity contribution is 5.70. The second kappa shape index (κ2) is 9.98. The van der Waals surface area contributed by atoms with E-state index in [1.807, 2.05) is 30.3 Å². The van der Waals surface area contributed by atoms with Crippen molar-refractivity contribution < 1.29 is 9.59 Å². The largest absolute Gasteiger partial charge is 0.355 e. The highest BCUT2D eigenvalue weighted by Gasteiger charge is 1.81. The van der Waals surface area contributed by atoms with E-state index in [2.05, 4.69) is 17.2 Å². The second-order valence-electron chi connectivity index (χ2n) is 2.44. The molecule has 2 N–H and O–H groups in total. The summed E-state index contributed by atoms with van der Waals surface area (Å²) in [5, 5.41) is 4.93. The molecule has 0 aromatic heterocycles. The van der Waals surface area contributed by atoms with Gasteiger partial charge in [-0.15, -0.1) is 6.58 Å². The Morgan fingerprint density at radius 1 is 1.13 bits per heavy atom. The zero-order valence-electron chi connectivity index (χ0n) is 8.35. The minimum Gasteiger partial charge on any atom is -0.355 e. The maximum atomic E-state index is 9.86. The summed E-state index contributed by atoms with van der Waals surface area (Å²) in [7, 11) is 0. The summed E-state index contributed by atoms with van der Waals surface area (Å²) in [5.74, 6) is 0. The molecule has 0 aliphatic heterocycles. The van der Waals surface area contributed by atoms with Crippen LogP contribution in [0.3, 0.4) is 0 Å². The minimum atomic E-state index is 0.559. The lowest BCUT2D eigenvalue weighted by molar-refractivity contribution is -0.109. The van der Waals surface area contributed by atoms with Gasteiger partial charge in [0.2, 0.25) is 12.8 Å². The molecule has 2 amide bonds. The van der Waals surface area contributed by atoms with Crippen molar-refractivity contribution in [3.63, 3.8) is 0 Å². The van der Waals surface area contributed by atoms with Gasteiger partial charge in [-0.05, 0) is 12.1 Å². The Kier molecular flexibility index (Phi) is 8.59. The zero-order chi connectivity index (χ0) is 11.4. The van der Waals surface area contributed by atoms with Crippen molar-refractivity contribution in [1.29, 1.82) is 0 Å². The number of hydrogen-bond acceptors (Lipinski definition) is 2. The number of para-hydroxylation sites is 1. The van der Waals surface area contributed by atoms with Gasteiger partial charge < -0.3 is 10.6 Å². The number of anilines is 1. The first-order valence-corrected chi connectivity index (χ1v) is 4.38. The van der Waals surface area contributed by atoms with Gasteiger partial charge >= 0.3 is 0 Å². The molecule has 0 aliphatic rings. The normalized spacial score (nSPS) is 7.73. The lowest BCUT2D eigenvalue weighted by atomic mass is 10.3. The smallest absolute Gasteiger partial charge is 0.211 e. The van der Waals surface area contributed by atoms with E-state index >= 15 is 0 Å². The molecule has 0 heterocycles. The van der Waals surface area contributed by atoms with E-state index < -0.39 is 0 Å². The highest BCUT2D eigenvalue weighted by Crippen LogP contribution is 2.01. The summed E-state index contributed by atoms with van der Waals surface area (Å²) >= 11 is 0. The van der Waals surface area contributed by atoms with Crippen LogP contribution in [0.2, 0.25) is 0 Å². The molecule has 0 bridgehead atoms. The molecular formula is C11H14N2O2. The van der Waals surface area contributed by atoms with Crippen LogP contribution in [0.15, 0.2) is 43.0 Å². The molecule has 0 spiro atoms. The van der Waals surface area contributed by atoms with Crippen molar-refractivity contribution in [1.82, 2.24) is 5.32 Å². The maximum absolute atomic E-state index is 9.86. The fourth-order valence-electron chi connectivity index (χ4n) is 0.734. The number of hydrogen-bond donors (Lipinski definition) is 2. The van der Waals surface area contributed by atoms with Gasteiger partial charge in [-0.1, -0.05) is 24.3 Å². The Balaban J connectivity index is 0.000000288. The summed E-state index contributed by atoms with van der Waals surface area (Å²) in [6, 6.07) is 9.29. The third-order valence-electron chi connectivity index (χ3n) is 1.34. The molecule has 0 unspecified atom stereocenters. The summed E-state index contributed by atoms with van der Waals surface area (Å²) in [4.78, 5) is 19.3. The Morgan fingerprint density at radius 3 is 2.20 bits per heavy atom. The number of benzene rings is 1. The molecule has 1 aromatic carbocycles. The van der Waals surface area contributed by atoms with E-state index in [-0.39, 0.29) is 0 Å². The monoisotopic (exact) mass is 206 g/mol. The van der Waals surface area contributed by atoms with E-state index in [9.17, 15) is 9.59 Å². The summed E-state index contributed by atoms with van der Waals surface area (Å²) < 4.78 is 0. The lowest BCUT2D eigenvalue weighted by Gasteiger charge is -1.93. The van der Waals surface area contributed by atoms with Gasteiger partial charge in [0.05, 0.1) is 0 Å². The number of rotatable bonds is 5. The molecule has 0 atom stereocenters. The molecule has 0 aliphatic carbocycles. The van der Waals surface area contributed by atoms with Crippen molar-refractivity contribution in [3.05, 3.63) is 43.0 Å². The molecule has 0 saturated heterocycles. The Labute approximate surface area is 89.0 Å². The maximum Gasteiger partial charge on any atom is 0.211 e. The Hall–Kier alpha value is -2.10. The van der Waals surface area contributed by atoms with Gasteiger partial charge in [0.15, 0.2) is 0 Å². The van der Waals surface area contributed by atoms with Gasteiger partial charge in [0.1, 0.15) is 0 Å².